The summed E-state index contributed by atoms with van der Waals surface area (Å²) in [6.07, 6.45) is 7.01. The molecule has 1 fully saturated rings. The Hall–Kier alpha value is -2.82. The average Bonchev–Trinajstić information content (AvgIpc) is 3.30. The van der Waals surface area contributed by atoms with E-state index in [2.05, 4.69) is 16.0 Å². The van der Waals surface area contributed by atoms with Crippen LogP contribution in [0.4, 0.5) is 0 Å². The zero-order chi connectivity index (χ0) is 17.9. The number of carbonyl (C=O) groups excluding carboxylic acids is 1. The third-order valence-corrected chi connectivity index (χ3v) is 5.22. The number of aromatic nitrogens is 2. The Morgan fingerprint density at radius 3 is 3.04 bits per heavy atom. The Bertz CT molecular complexity index is 918. The maximum Gasteiger partial charge on any atom is 0.227 e. The summed E-state index contributed by atoms with van der Waals surface area (Å²) in [5, 5.41) is 1.03. The highest BCUT2D eigenvalue weighted by atomic mass is 16.5. The van der Waals surface area contributed by atoms with Crippen LogP contribution in [0.3, 0.4) is 0 Å². The number of aromatic amines is 1. The van der Waals surface area contributed by atoms with Crippen molar-refractivity contribution in [1.29, 1.82) is 0 Å². The highest BCUT2D eigenvalue weighted by Gasteiger charge is 2.29. The summed E-state index contributed by atoms with van der Waals surface area (Å²) in [4.78, 5) is 22.5. The minimum Gasteiger partial charge on any atom is -0.496 e. The minimum absolute atomic E-state index is 0.187. The molecule has 1 saturated heterocycles. The summed E-state index contributed by atoms with van der Waals surface area (Å²) in [6, 6.07) is 12.2. The monoisotopic (exact) mass is 349 g/mol. The van der Waals surface area contributed by atoms with Crippen LogP contribution in [0.15, 0.2) is 48.8 Å². The molecule has 0 bridgehead atoms. The fourth-order valence-electron chi connectivity index (χ4n) is 3.93. The minimum atomic E-state index is 0.187. The van der Waals surface area contributed by atoms with Gasteiger partial charge in [-0.2, -0.15) is 0 Å². The number of H-pyrrole nitrogens is 1. The van der Waals surface area contributed by atoms with Crippen LogP contribution in [0.1, 0.15) is 24.0 Å². The molecule has 1 aliphatic heterocycles. The van der Waals surface area contributed by atoms with Crippen molar-refractivity contribution in [3.8, 4) is 5.75 Å². The molecule has 1 atom stereocenters. The molecular formula is C21H23N3O2. The number of nitrogens with zero attached hydrogens (tertiary/aromatic N) is 2. The first kappa shape index (κ1) is 16.6. The van der Waals surface area contributed by atoms with E-state index in [1.165, 1.54) is 0 Å². The Labute approximate surface area is 153 Å². The number of rotatable bonds is 5. The number of benzene rings is 1. The molecule has 2 aromatic heterocycles. The summed E-state index contributed by atoms with van der Waals surface area (Å²) in [6.45, 7) is 0.833. The number of likely N-dealkylation sites (tertiary alicyclic amines) is 1. The van der Waals surface area contributed by atoms with Crippen LogP contribution < -0.4 is 4.74 Å². The van der Waals surface area contributed by atoms with E-state index in [9.17, 15) is 4.79 Å². The SMILES string of the molecule is COc1ccccc1CC1CCCN1C(=O)Cc1c[nH]c2ncccc12. The standard InChI is InChI=1S/C21H23N3O2/c1-26-19-9-3-2-6-15(19)12-17-7-5-11-24(17)20(25)13-16-14-23-21-18(16)8-4-10-22-21/h2-4,6,8-10,14,17H,5,7,11-13H2,1H3,(H,22,23). The van der Waals surface area contributed by atoms with Crippen molar-refractivity contribution in [3.63, 3.8) is 0 Å². The van der Waals surface area contributed by atoms with E-state index in [0.717, 1.165) is 53.7 Å². The predicted molar refractivity (Wildman–Crippen MR) is 101 cm³/mol. The van der Waals surface area contributed by atoms with Crippen molar-refractivity contribution < 1.29 is 9.53 Å². The van der Waals surface area contributed by atoms with Gasteiger partial charge in [-0.3, -0.25) is 4.79 Å². The highest BCUT2D eigenvalue weighted by Crippen LogP contribution is 2.27. The van der Waals surface area contributed by atoms with Crippen LogP contribution in [0.25, 0.3) is 11.0 Å². The maximum absolute atomic E-state index is 13.0. The van der Waals surface area contributed by atoms with Crippen LogP contribution in [-0.2, 0) is 17.6 Å². The lowest BCUT2D eigenvalue weighted by atomic mass is 10.0. The summed E-state index contributed by atoms with van der Waals surface area (Å²) >= 11 is 0. The van der Waals surface area contributed by atoms with Crippen LogP contribution in [0, 0.1) is 0 Å². The second kappa shape index (κ2) is 7.20. The van der Waals surface area contributed by atoms with Gasteiger partial charge in [0.05, 0.1) is 13.5 Å². The normalized spacial score (nSPS) is 17.0. The van der Waals surface area contributed by atoms with Crippen molar-refractivity contribution in [2.24, 2.45) is 0 Å². The molecule has 3 aromatic rings. The third kappa shape index (κ3) is 3.17. The van der Waals surface area contributed by atoms with Gasteiger partial charge in [0.15, 0.2) is 0 Å². The Morgan fingerprint density at radius 2 is 2.15 bits per heavy atom. The van der Waals surface area contributed by atoms with Crippen molar-refractivity contribution in [1.82, 2.24) is 14.9 Å². The van der Waals surface area contributed by atoms with Gasteiger partial charge in [-0.15, -0.1) is 0 Å². The van der Waals surface area contributed by atoms with Gasteiger partial charge >= 0.3 is 0 Å². The molecule has 0 saturated carbocycles. The van der Waals surface area contributed by atoms with E-state index in [-0.39, 0.29) is 11.9 Å². The molecule has 0 aliphatic carbocycles. The average molecular weight is 349 g/mol. The molecule has 26 heavy (non-hydrogen) atoms. The van der Waals surface area contributed by atoms with Crippen molar-refractivity contribution >= 4 is 16.9 Å². The first-order valence-electron chi connectivity index (χ1n) is 9.08. The number of methoxy groups -OCH3 is 1. The molecule has 1 aromatic carbocycles. The maximum atomic E-state index is 13.0. The van der Waals surface area contributed by atoms with E-state index in [1.807, 2.05) is 41.4 Å². The Balaban J connectivity index is 1.50. The van der Waals surface area contributed by atoms with Crippen LogP contribution in [0.2, 0.25) is 0 Å². The fourth-order valence-corrected chi connectivity index (χ4v) is 3.93. The van der Waals surface area contributed by atoms with E-state index in [1.54, 1.807) is 13.3 Å². The van der Waals surface area contributed by atoms with E-state index >= 15 is 0 Å². The van der Waals surface area contributed by atoms with Gasteiger partial charge in [-0.25, -0.2) is 4.98 Å². The van der Waals surface area contributed by atoms with Crippen LogP contribution >= 0.6 is 0 Å². The van der Waals surface area contributed by atoms with Crippen molar-refractivity contribution in [3.05, 3.63) is 59.9 Å². The smallest absolute Gasteiger partial charge is 0.227 e. The van der Waals surface area contributed by atoms with E-state index in [0.29, 0.717) is 6.42 Å². The zero-order valence-electron chi connectivity index (χ0n) is 14.9. The molecule has 1 amide bonds. The fraction of sp³-hybridized carbons (Fsp3) is 0.333. The van der Waals surface area contributed by atoms with Gasteiger partial charge in [0.25, 0.3) is 0 Å². The molecule has 1 unspecified atom stereocenters. The topological polar surface area (TPSA) is 58.2 Å². The van der Waals surface area contributed by atoms with Gasteiger partial charge in [0, 0.05) is 30.4 Å². The van der Waals surface area contributed by atoms with Crippen LogP contribution in [0.5, 0.6) is 5.75 Å². The van der Waals surface area contributed by atoms with Gasteiger partial charge in [-0.05, 0) is 48.6 Å². The summed E-state index contributed by atoms with van der Waals surface area (Å²) in [5.41, 5.74) is 3.01. The lowest BCUT2D eigenvalue weighted by Crippen LogP contribution is -2.37. The number of fused-ring (bicyclic) bond motifs is 1. The van der Waals surface area contributed by atoms with E-state index in [4.69, 9.17) is 4.74 Å². The van der Waals surface area contributed by atoms with Gasteiger partial charge in [0.1, 0.15) is 11.4 Å². The number of ether oxygens (including phenoxy) is 1. The summed E-state index contributed by atoms with van der Waals surface area (Å²) in [7, 11) is 1.70. The zero-order valence-corrected chi connectivity index (χ0v) is 14.9. The lowest BCUT2D eigenvalue weighted by Gasteiger charge is -2.25. The van der Waals surface area contributed by atoms with Crippen LogP contribution in [-0.4, -0.2) is 40.5 Å². The van der Waals surface area contributed by atoms with Gasteiger partial charge < -0.3 is 14.6 Å². The number of hydrogen-bond donors (Lipinski definition) is 1. The highest BCUT2D eigenvalue weighted by molar-refractivity contribution is 5.87. The molecule has 0 radical (unpaired) electrons. The second-order valence-corrected chi connectivity index (χ2v) is 6.79. The molecule has 5 nitrogen and oxygen atoms in total. The molecule has 5 heteroatoms. The lowest BCUT2D eigenvalue weighted by molar-refractivity contribution is -0.131. The first-order valence-corrected chi connectivity index (χ1v) is 9.08. The second-order valence-electron chi connectivity index (χ2n) is 6.79. The first-order chi connectivity index (χ1) is 12.8. The third-order valence-electron chi connectivity index (χ3n) is 5.22. The number of pyridine rings is 1. The number of amides is 1. The van der Waals surface area contributed by atoms with E-state index < -0.39 is 0 Å². The van der Waals surface area contributed by atoms with Crippen molar-refractivity contribution in [2.45, 2.75) is 31.7 Å². The van der Waals surface area contributed by atoms with Gasteiger partial charge in [-0.1, -0.05) is 18.2 Å². The number of carbonyl (C=O) groups is 1. The van der Waals surface area contributed by atoms with Gasteiger partial charge in [0.2, 0.25) is 5.91 Å². The molecule has 4 rings (SSSR count). The Kier molecular flexibility index (Phi) is 4.61. The molecule has 1 N–H and O–H groups in total. The van der Waals surface area contributed by atoms with Crippen molar-refractivity contribution in [2.75, 3.05) is 13.7 Å². The molecule has 1 aliphatic rings. The molecule has 0 spiro atoms. The summed E-state index contributed by atoms with van der Waals surface area (Å²) in [5.74, 6) is 1.08. The predicted octanol–water partition coefficient (Wildman–Crippen LogP) is 3.35. The summed E-state index contributed by atoms with van der Waals surface area (Å²) < 4.78 is 5.47. The Morgan fingerprint density at radius 1 is 1.27 bits per heavy atom. The number of hydrogen-bond acceptors (Lipinski definition) is 3. The number of nitrogens with one attached hydrogen (secondary N) is 1. The molecular weight excluding hydrogens is 326 g/mol. The largest absolute Gasteiger partial charge is 0.496 e. The number of para-hydroxylation sites is 1. The molecule has 134 valence electrons. The quantitative estimate of drug-likeness (QED) is 0.768. The molecule has 3 heterocycles.